The Morgan fingerprint density at radius 1 is 1.23 bits per heavy atom. The van der Waals surface area contributed by atoms with Gasteiger partial charge in [0.25, 0.3) is 0 Å². The van der Waals surface area contributed by atoms with Crippen LogP contribution in [0.3, 0.4) is 0 Å². The average Bonchev–Trinajstić information content (AvgIpc) is 2.45. The molecule has 2 amide bonds. The van der Waals surface area contributed by atoms with Crippen molar-refractivity contribution in [3.63, 3.8) is 0 Å². The van der Waals surface area contributed by atoms with Gasteiger partial charge in [0.15, 0.2) is 0 Å². The van der Waals surface area contributed by atoms with Crippen molar-refractivity contribution < 1.29 is 9.59 Å². The SMILES string of the molecule is CCN(CC(=O)NC)CC(=O)NC(C)c1ccc(Cl)cc1Cl. The van der Waals surface area contributed by atoms with E-state index in [2.05, 4.69) is 10.6 Å². The van der Waals surface area contributed by atoms with Crippen LogP contribution in [0.4, 0.5) is 0 Å². The van der Waals surface area contributed by atoms with Gasteiger partial charge in [0.1, 0.15) is 0 Å². The molecule has 1 rings (SSSR count). The van der Waals surface area contributed by atoms with Crippen LogP contribution in [0.1, 0.15) is 25.5 Å². The van der Waals surface area contributed by atoms with Crippen molar-refractivity contribution >= 4 is 35.0 Å². The van der Waals surface area contributed by atoms with Gasteiger partial charge in [-0.2, -0.15) is 0 Å². The number of likely N-dealkylation sites (N-methyl/N-ethyl adjacent to an activating group) is 2. The van der Waals surface area contributed by atoms with Gasteiger partial charge in [0.05, 0.1) is 19.1 Å². The minimum Gasteiger partial charge on any atom is -0.358 e. The second-order valence-electron chi connectivity index (χ2n) is 4.93. The second-order valence-corrected chi connectivity index (χ2v) is 5.78. The lowest BCUT2D eigenvalue weighted by Crippen LogP contribution is -2.42. The van der Waals surface area contributed by atoms with Crippen molar-refractivity contribution in [2.75, 3.05) is 26.7 Å². The van der Waals surface area contributed by atoms with Gasteiger partial charge in [0, 0.05) is 17.1 Å². The maximum absolute atomic E-state index is 12.1. The maximum Gasteiger partial charge on any atom is 0.234 e. The summed E-state index contributed by atoms with van der Waals surface area (Å²) in [6, 6.07) is 4.92. The number of hydrogen-bond donors (Lipinski definition) is 2. The topological polar surface area (TPSA) is 61.4 Å². The molecule has 2 N–H and O–H groups in total. The molecule has 22 heavy (non-hydrogen) atoms. The Morgan fingerprint density at radius 2 is 1.86 bits per heavy atom. The number of carbonyl (C=O) groups excluding carboxylic acids is 2. The first-order chi connectivity index (χ1) is 10.4. The number of nitrogens with one attached hydrogen (secondary N) is 2. The van der Waals surface area contributed by atoms with E-state index in [1.54, 1.807) is 30.1 Å². The summed E-state index contributed by atoms with van der Waals surface area (Å²) in [6.45, 7) is 4.70. The molecule has 1 atom stereocenters. The zero-order valence-corrected chi connectivity index (χ0v) is 14.5. The molecule has 0 radical (unpaired) electrons. The maximum atomic E-state index is 12.1. The van der Waals surface area contributed by atoms with E-state index in [9.17, 15) is 9.59 Å². The minimum absolute atomic E-state index is 0.122. The van der Waals surface area contributed by atoms with Crippen LogP contribution < -0.4 is 10.6 Å². The van der Waals surface area contributed by atoms with Crippen LogP contribution in [0.5, 0.6) is 0 Å². The normalized spacial score (nSPS) is 12.1. The third-order valence-corrected chi connectivity index (χ3v) is 3.83. The highest BCUT2D eigenvalue weighted by molar-refractivity contribution is 6.35. The Bertz CT molecular complexity index is 538. The van der Waals surface area contributed by atoms with E-state index >= 15 is 0 Å². The van der Waals surface area contributed by atoms with Crippen LogP contribution in [0.15, 0.2) is 18.2 Å². The first kappa shape index (κ1) is 18.7. The zero-order chi connectivity index (χ0) is 16.7. The molecule has 1 aromatic rings. The molecule has 1 aromatic carbocycles. The third kappa shape index (κ3) is 5.83. The predicted octanol–water partition coefficient (Wildman–Crippen LogP) is 2.24. The Balaban J connectivity index is 2.61. The van der Waals surface area contributed by atoms with Crippen molar-refractivity contribution in [3.05, 3.63) is 33.8 Å². The monoisotopic (exact) mass is 345 g/mol. The van der Waals surface area contributed by atoms with Gasteiger partial charge in [-0.1, -0.05) is 36.2 Å². The van der Waals surface area contributed by atoms with E-state index in [1.807, 2.05) is 13.8 Å². The number of hydrogen-bond acceptors (Lipinski definition) is 3. The number of halogens is 2. The molecule has 0 aliphatic rings. The molecule has 0 fully saturated rings. The van der Waals surface area contributed by atoms with E-state index in [0.29, 0.717) is 16.6 Å². The van der Waals surface area contributed by atoms with Crippen LogP contribution in [-0.2, 0) is 9.59 Å². The van der Waals surface area contributed by atoms with Crippen molar-refractivity contribution in [1.29, 1.82) is 0 Å². The van der Waals surface area contributed by atoms with Gasteiger partial charge in [-0.15, -0.1) is 0 Å². The van der Waals surface area contributed by atoms with E-state index < -0.39 is 0 Å². The molecule has 5 nitrogen and oxygen atoms in total. The Kier molecular flexibility index (Phi) is 7.65. The molecular formula is C15H21Cl2N3O2. The highest BCUT2D eigenvalue weighted by Crippen LogP contribution is 2.25. The molecule has 0 spiro atoms. The molecule has 1 unspecified atom stereocenters. The highest BCUT2D eigenvalue weighted by atomic mass is 35.5. The fourth-order valence-corrected chi connectivity index (χ4v) is 2.55. The van der Waals surface area contributed by atoms with E-state index in [1.165, 1.54) is 0 Å². The quantitative estimate of drug-likeness (QED) is 0.796. The highest BCUT2D eigenvalue weighted by Gasteiger charge is 2.16. The average molecular weight is 346 g/mol. The number of rotatable bonds is 7. The largest absolute Gasteiger partial charge is 0.358 e. The molecule has 0 aliphatic heterocycles. The molecule has 0 saturated carbocycles. The standard InChI is InChI=1S/C15H21Cl2N3O2/c1-4-20(8-14(21)18-3)9-15(22)19-10(2)12-6-5-11(16)7-13(12)17/h5-7,10H,4,8-9H2,1-3H3,(H,18,21)(H,19,22). The lowest BCUT2D eigenvalue weighted by Gasteiger charge is -2.21. The molecule has 0 aromatic heterocycles. The Hall–Kier alpha value is -1.30. The van der Waals surface area contributed by atoms with Gasteiger partial charge in [-0.05, 0) is 31.2 Å². The Labute approximate surface area is 141 Å². The lowest BCUT2D eigenvalue weighted by molar-refractivity contribution is -0.125. The summed E-state index contributed by atoms with van der Waals surface area (Å²) in [5, 5.41) is 6.48. The minimum atomic E-state index is -0.240. The lowest BCUT2D eigenvalue weighted by atomic mass is 10.1. The summed E-state index contributed by atoms with van der Waals surface area (Å²) in [4.78, 5) is 25.2. The summed E-state index contributed by atoms with van der Waals surface area (Å²) >= 11 is 12.0. The van der Waals surface area contributed by atoms with Crippen LogP contribution in [0.2, 0.25) is 10.0 Å². The molecule has 0 saturated heterocycles. The van der Waals surface area contributed by atoms with Crippen LogP contribution in [0.25, 0.3) is 0 Å². The smallest absolute Gasteiger partial charge is 0.234 e. The van der Waals surface area contributed by atoms with Crippen molar-refractivity contribution in [2.45, 2.75) is 19.9 Å². The zero-order valence-electron chi connectivity index (χ0n) is 13.0. The van der Waals surface area contributed by atoms with Gasteiger partial charge in [0.2, 0.25) is 11.8 Å². The summed E-state index contributed by atoms with van der Waals surface area (Å²) in [5.41, 5.74) is 0.800. The molecule has 0 heterocycles. The fourth-order valence-electron chi connectivity index (χ4n) is 1.98. The summed E-state index contributed by atoms with van der Waals surface area (Å²) in [6.07, 6.45) is 0. The Morgan fingerprint density at radius 3 is 2.41 bits per heavy atom. The number of amides is 2. The van der Waals surface area contributed by atoms with Gasteiger partial charge in [-0.3, -0.25) is 14.5 Å². The number of carbonyl (C=O) groups is 2. The molecule has 122 valence electrons. The van der Waals surface area contributed by atoms with Gasteiger partial charge >= 0.3 is 0 Å². The molecule has 7 heteroatoms. The first-order valence-corrected chi connectivity index (χ1v) is 7.80. The predicted molar refractivity (Wildman–Crippen MR) is 89.2 cm³/mol. The van der Waals surface area contributed by atoms with E-state index in [4.69, 9.17) is 23.2 Å². The van der Waals surface area contributed by atoms with Crippen LogP contribution >= 0.6 is 23.2 Å². The van der Waals surface area contributed by atoms with E-state index in [-0.39, 0.29) is 30.9 Å². The molecular weight excluding hydrogens is 325 g/mol. The number of nitrogens with zero attached hydrogens (tertiary/aromatic N) is 1. The van der Waals surface area contributed by atoms with Crippen molar-refractivity contribution in [1.82, 2.24) is 15.5 Å². The van der Waals surface area contributed by atoms with Crippen molar-refractivity contribution in [3.8, 4) is 0 Å². The summed E-state index contributed by atoms with van der Waals surface area (Å²) < 4.78 is 0. The summed E-state index contributed by atoms with van der Waals surface area (Å²) in [7, 11) is 1.57. The summed E-state index contributed by atoms with van der Waals surface area (Å²) in [5.74, 6) is -0.285. The van der Waals surface area contributed by atoms with Gasteiger partial charge in [-0.25, -0.2) is 0 Å². The van der Waals surface area contributed by atoms with Crippen LogP contribution in [0, 0.1) is 0 Å². The van der Waals surface area contributed by atoms with Crippen LogP contribution in [-0.4, -0.2) is 43.4 Å². The molecule has 0 bridgehead atoms. The third-order valence-electron chi connectivity index (χ3n) is 3.27. The number of benzene rings is 1. The first-order valence-electron chi connectivity index (χ1n) is 7.04. The van der Waals surface area contributed by atoms with Gasteiger partial charge < -0.3 is 10.6 Å². The fraction of sp³-hybridized carbons (Fsp3) is 0.467. The second kappa shape index (κ2) is 8.98. The molecule has 0 aliphatic carbocycles. The van der Waals surface area contributed by atoms with Crippen molar-refractivity contribution in [2.24, 2.45) is 0 Å². The van der Waals surface area contributed by atoms with E-state index in [0.717, 1.165) is 5.56 Å².